The number of fused-ring (bicyclic) bond motifs is 1. The van der Waals surface area contributed by atoms with Crippen LogP contribution in [0.2, 0.25) is 0 Å². The van der Waals surface area contributed by atoms with Crippen LogP contribution in [0.15, 0.2) is 42.5 Å². The predicted octanol–water partition coefficient (Wildman–Crippen LogP) is 2.80. The second-order valence-corrected chi connectivity index (χ2v) is 6.25. The van der Waals surface area contributed by atoms with Gasteiger partial charge in [-0.2, -0.15) is 0 Å². The van der Waals surface area contributed by atoms with E-state index in [1.165, 1.54) is 7.11 Å². The van der Waals surface area contributed by atoms with Gasteiger partial charge in [-0.15, -0.1) is 0 Å². The lowest BCUT2D eigenvalue weighted by Crippen LogP contribution is -2.47. The number of para-hydroxylation sites is 1. The van der Waals surface area contributed by atoms with Crippen molar-refractivity contribution in [2.24, 2.45) is 0 Å². The van der Waals surface area contributed by atoms with Crippen molar-refractivity contribution in [1.29, 1.82) is 0 Å². The molecule has 0 saturated carbocycles. The first-order chi connectivity index (χ1) is 13.0. The molecule has 0 aromatic heterocycles. The molecule has 7 nitrogen and oxygen atoms in total. The predicted molar refractivity (Wildman–Crippen MR) is 104 cm³/mol. The lowest BCUT2D eigenvalue weighted by atomic mass is 10.2. The van der Waals surface area contributed by atoms with E-state index in [9.17, 15) is 9.59 Å². The van der Waals surface area contributed by atoms with E-state index in [1.807, 2.05) is 24.3 Å². The molecule has 0 unspecified atom stereocenters. The molecule has 1 heterocycles. The van der Waals surface area contributed by atoms with Crippen LogP contribution >= 0.6 is 0 Å². The van der Waals surface area contributed by atoms with Crippen LogP contribution in [0.5, 0.6) is 11.5 Å². The Hall–Kier alpha value is -3.22. The van der Waals surface area contributed by atoms with E-state index in [4.69, 9.17) is 9.47 Å². The molecule has 0 aliphatic carbocycles. The van der Waals surface area contributed by atoms with Gasteiger partial charge in [0.15, 0.2) is 0 Å². The Bertz CT molecular complexity index is 853. The Morgan fingerprint density at radius 1 is 1.11 bits per heavy atom. The minimum atomic E-state index is -0.673. The third kappa shape index (κ3) is 3.97. The van der Waals surface area contributed by atoms with Gasteiger partial charge in [-0.05, 0) is 37.1 Å². The zero-order valence-electron chi connectivity index (χ0n) is 15.6. The fraction of sp³-hybridized carbons (Fsp3) is 0.300. The summed E-state index contributed by atoms with van der Waals surface area (Å²) in [5.74, 6) is 0.940. The van der Waals surface area contributed by atoms with Gasteiger partial charge in [-0.1, -0.05) is 18.2 Å². The number of carbonyl (C=O) groups excluding carboxylic acids is 2. The summed E-state index contributed by atoms with van der Waals surface area (Å²) in [6.45, 7) is 2.29. The number of hydrogen-bond donors (Lipinski definition) is 2. The standard InChI is InChI=1S/C20H23N3O4/c1-13(19(24)23-11-10-14-6-4-5-7-17(14)23)21-20(25)22-16-12-15(26-2)8-9-18(16)27-3/h4-9,12-13H,10-11H2,1-3H3,(H2,21,22,25)/t13-/m1/s1. The minimum absolute atomic E-state index is 0.146. The van der Waals surface area contributed by atoms with Gasteiger partial charge in [0.1, 0.15) is 17.5 Å². The highest BCUT2D eigenvalue weighted by Gasteiger charge is 2.28. The van der Waals surface area contributed by atoms with Gasteiger partial charge in [-0.3, -0.25) is 4.79 Å². The zero-order valence-corrected chi connectivity index (χ0v) is 15.6. The molecule has 1 aliphatic rings. The summed E-state index contributed by atoms with van der Waals surface area (Å²) < 4.78 is 10.4. The summed E-state index contributed by atoms with van der Waals surface area (Å²) >= 11 is 0. The largest absolute Gasteiger partial charge is 0.497 e. The van der Waals surface area contributed by atoms with Crippen molar-refractivity contribution in [2.75, 3.05) is 31.0 Å². The smallest absolute Gasteiger partial charge is 0.319 e. The molecular formula is C20H23N3O4. The molecule has 0 spiro atoms. The number of ether oxygens (including phenoxy) is 2. The second-order valence-electron chi connectivity index (χ2n) is 6.25. The van der Waals surface area contributed by atoms with Gasteiger partial charge < -0.3 is 25.0 Å². The van der Waals surface area contributed by atoms with Crippen LogP contribution in [0.25, 0.3) is 0 Å². The SMILES string of the molecule is COc1ccc(OC)c(NC(=O)N[C@H](C)C(=O)N2CCc3ccccc32)c1. The van der Waals surface area contributed by atoms with Crippen molar-refractivity contribution in [2.45, 2.75) is 19.4 Å². The van der Waals surface area contributed by atoms with Crippen LogP contribution in [0.1, 0.15) is 12.5 Å². The van der Waals surface area contributed by atoms with Crippen LogP contribution in [0.3, 0.4) is 0 Å². The number of anilines is 2. The molecule has 2 aromatic carbocycles. The number of carbonyl (C=O) groups is 2. The molecule has 3 rings (SSSR count). The van der Waals surface area contributed by atoms with Crippen LogP contribution in [0.4, 0.5) is 16.2 Å². The number of urea groups is 1. The molecule has 7 heteroatoms. The molecule has 2 N–H and O–H groups in total. The van der Waals surface area contributed by atoms with Crippen molar-refractivity contribution in [3.63, 3.8) is 0 Å². The summed E-state index contributed by atoms with van der Waals surface area (Å²) in [5.41, 5.74) is 2.51. The van der Waals surface area contributed by atoms with Crippen LogP contribution in [0, 0.1) is 0 Å². The van der Waals surface area contributed by atoms with Crippen molar-refractivity contribution in [3.05, 3.63) is 48.0 Å². The van der Waals surface area contributed by atoms with E-state index in [1.54, 1.807) is 37.1 Å². The number of rotatable bonds is 5. The quantitative estimate of drug-likeness (QED) is 0.849. The van der Waals surface area contributed by atoms with Gasteiger partial charge in [-0.25, -0.2) is 4.79 Å². The summed E-state index contributed by atoms with van der Waals surface area (Å²) in [4.78, 5) is 26.8. The monoisotopic (exact) mass is 369 g/mol. The first kappa shape index (κ1) is 18.6. The molecular weight excluding hydrogens is 346 g/mol. The number of nitrogens with zero attached hydrogens (tertiary/aromatic N) is 1. The highest BCUT2D eigenvalue weighted by atomic mass is 16.5. The molecule has 0 bridgehead atoms. The van der Waals surface area contributed by atoms with E-state index >= 15 is 0 Å². The fourth-order valence-corrected chi connectivity index (χ4v) is 3.13. The maximum atomic E-state index is 12.8. The maximum Gasteiger partial charge on any atom is 0.319 e. The fourth-order valence-electron chi connectivity index (χ4n) is 3.13. The average molecular weight is 369 g/mol. The van der Waals surface area contributed by atoms with Crippen molar-refractivity contribution >= 4 is 23.3 Å². The Morgan fingerprint density at radius 3 is 2.63 bits per heavy atom. The Labute approximate surface area is 158 Å². The molecule has 0 fully saturated rings. The summed E-state index contributed by atoms with van der Waals surface area (Å²) in [6, 6.07) is 11.7. The molecule has 0 saturated heterocycles. The van der Waals surface area contributed by atoms with Gasteiger partial charge >= 0.3 is 6.03 Å². The van der Waals surface area contributed by atoms with Crippen LogP contribution in [-0.2, 0) is 11.2 Å². The number of hydrogen-bond acceptors (Lipinski definition) is 4. The molecule has 1 aliphatic heterocycles. The van der Waals surface area contributed by atoms with Gasteiger partial charge in [0.2, 0.25) is 5.91 Å². The number of benzene rings is 2. The maximum absolute atomic E-state index is 12.8. The molecule has 142 valence electrons. The molecule has 1 atom stereocenters. The van der Waals surface area contributed by atoms with E-state index in [2.05, 4.69) is 10.6 Å². The number of amides is 3. The van der Waals surface area contributed by atoms with Crippen LogP contribution in [-0.4, -0.2) is 38.7 Å². The molecule has 2 aromatic rings. The first-order valence-electron chi connectivity index (χ1n) is 8.72. The Balaban J connectivity index is 1.65. The Morgan fingerprint density at radius 2 is 1.89 bits per heavy atom. The van der Waals surface area contributed by atoms with Crippen LogP contribution < -0.4 is 25.0 Å². The highest BCUT2D eigenvalue weighted by Crippen LogP contribution is 2.29. The topological polar surface area (TPSA) is 79.9 Å². The average Bonchev–Trinajstić information content (AvgIpc) is 3.11. The normalized spacial score (nSPS) is 13.5. The van der Waals surface area contributed by atoms with Gasteiger partial charge in [0.05, 0.1) is 19.9 Å². The lowest BCUT2D eigenvalue weighted by Gasteiger charge is -2.22. The van der Waals surface area contributed by atoms with E-state index < -0.39 is 12.1 Å². The zero-order chi connectivity index (χ0) is 19.4. The first-order valence-corrected chi connectivity index (χ1v) is 8.72. The second kappa shape index (κ2) is 7.99. The third-order valence-electron chi connectivity index (χ3n) is 4.53. The molecule has 27 heavy (non-hydrogen) atoms. The summed E-state index contributed by atoms with van der Waals surface area (Å²) in [5, 5.41) is 5.39. The lowest BCUT2D eigenvalue weighted by molar-refractivity contribution is -0.119. The number of methoxy groups -OCH3 is 2. The number of nitrogens with one attached hydrogen (secondary N) is 2. The third-order valence-corrected chi connectivity index (χ3v) is 4.53. The molecule has 3 amide bonds. The summed E-state index contributed by atoms with van der Waals surface area (Å²) in [6.07, 6.45) is 0.821. The van der Waals surface area contributed by atoms with Crippen molar-refractivity contribution < 1.29 is 19.1 Å². The minimum Gasteiger partial charge on any atom is -0.497 e. The summed E-state index contributed by atoms with van der Waals surface area (Å²) in [7, 11) is 3.06. The van der Waals surface area contributed by atoms with Crippen molar-refractivity contribution in [1.82, 2.24) is 5.32 Å². The van der Waals surface area contributed by atoms with Crippen molar-refractivity contribution in [3.8, 4) is 11.5 Å². The van der Waals surface area contributed by atoms with Gasteiger partial charge in [0, 0.05) is 18.3 Å². The van der Waals surface area contributed by atoms with E-state index in [0.717, 1.165) is 17.7 Å². The van der Waals surface area contributed by atoms with E-state index in [-0.39, 0.29) is 5.91 Å². The highest BCUT2D eigenvalue weighted by molar-refractivity contribution is 6.02. The molecule has 0 radical (unpaired) electrons. The van der Waals surface area contributed by atoms with E-state index in [0.29, 0.717) is 23.7 Å². The Kier molecular flexibility index (Phi) is 5.49. The van der Waals surface area contributed by atoms with Gasteiger partial charge in [0.25, 0.3) is 0 Å².